The molecule has 0 aliphatic rings. The van der Waals surface area contributed by atoms with Gasteiger partial charge in [0.15, 0.2) is 5.82 Å². The lowest BCUT2D eigenvalue weighted by atomic mass is 10.0. The molecule has 3 rings (SSSR count). The van der Waals surface area contributed by atoms with Crippen LogP contribution in [0.1, 0.15) is 11.3 Å². The Hall–Kier alpha value is -2.97. The summed E-state index contributed by atoms with van der Waals surface area (Å²) in [5.41, 5.74) is 3.39. The van der Waals surface area contributed by atoms with Gasteiger partial charge in [-0.15, -0.1) is 0 Å². The van der Waals surface area contributed by atoms with Gasteiger partial charge >= 0.3 is 10.2 Å². The van der Waals surface area contributed by atoms with E-state index in [2.05, 4.69) is 19.4 Å². The van der Waals surface area contributed by atoms with E-state index in [1.165, 1.54) is 6.33 Å². The van der Waals surface area contributed by atoms with Crippen LogP contribution in [-0.4, -0.2) is 30.1 Å². The fraction of sp³-hybridized carbons (Fsp3) is 0.158. The summed E-state index contributed by atoms with van der Waals surface area (Å²) in [5.74, 6) is 0.153. The monoisotopic (exact) mass is 384 g/mol. The molecule has 1 heterocycles. The fourth-order valence-corrected chi connectivity index (χ4v) is 3.54. The normalized spacial score (nSPS) is 11.2. The lowest BCUT2D eigenvalue weighted by Gasteiger charge is -2.15. The minimum absolute atomic E-state index is 0.107. The first-order valence-electron chi connectivity index (χ1n) is 8.36. The van der Waals surface area contributed by atoms with Crippen LogP contribution in [0.15, 0.2) is 60.9 Å². The number of hydrogen-bond acceptors (Lipinski definition) is 5. The van der Waals surface area contributed by atoms with Crippen molar-refractivity contribution in [1.29, 1.82) is 0 Å². The van der Waals surface area contributed by atoms with Gasteiger partial charge in [-0.2, -0.15) is 8.42 Å². The van der Waals surface area contributed by atoms with Gasteiger partial charge in [0.05, 0.1) is 11.4 Å². The molecule has 0 unspecified atom stereocenters. The maximum Gasteiger partial charge on any atom is 0.322 e. The quantitative estimate of drug-likeness (QED) is 0.581. The highest BCUT2D eigenvalue weighted by molar-refractivity contribution is 7.94. The first-order valence-corrected chi connectivity index (χ1v) is 9.84. The molecule has 1 aromatic heterocycles. The average Bonchev–Trinajstić information content (AvgIpc) is 2.63. The number of anilines is 2. The Morgan fingerprint density at radius 1 is 0.963 bits per heavy atom. The van der Waals surface area contributed by atoms with Crippen molar-refractivity contribution in [2.45, 2.75) is 13.3 Å². The Morgan fingerprint density at radius 2 is 1.67 bits per heavy atom. The molecule has 0 bridgehead atoms. The number of aromatic nitrogens is 2. The van der Waals surface area contributed by atoms with Gasteiger partial charge in [0.25, 0.3) is 0 Å². The number of aliphatic hydroxyl groups is 1. The van der Waals surface area contributed by atoms with Gasteiger partial charge in [-0.3, -0.25) is 4.72 Å². The van der Waals surface area contributed by atoms with E-state index < -0.39 is 10.2 Å². The second-order valence-corrected chi connectivity index (χ2v) is 7.37. The molecule has 0 atom stereocenters. The summed E-state index contributed by atoms with van der Waals surface area (Å²) in [4.78, 5) is 8.34. The third kappa shape index (κ3) is 4.81. The summed E-state index contributed by atoms with van der Waals surface area (Å²) in [7, 11) is -3.91. The van der Waals surface area contributed by atoms with Crippen molar-refractivity contribution in [3.05, 3.63) is 72.2 Å². The summed E-state index contributed by atoms with van der Waals surface area (Å²) >= 11 is 0. The van der Waals surface area contributed by atoms with Crippen molar-refractivity contribution in [2.75, 3.05) is 16.1 Å². The van der Waals surface area contributed by atoms with Crippen LogP contribution in [0.2, 0.25) is 0 Å². The van der Waals surface area contributed by atoms with Crippen LogP contribution in [0, 0.1) is 6.92 Å². The third-order valence-electron chi connectivity index (χ3n) is 3.87. The van der Waals surface area contributed by atoms with E-state index in [1.807, 2.05) is 31.2 Å². The molecule has 0 aliphatic carbocycles. The number of aryl methyl sites for hydroxylation is 1. The van der Waals surface area contributed by atoms with Crippen molar-refractivity contribution in [3.63, 3.8) is 0 Å². The predicted molar refractivity (Wildman–Crippen MR) is 106 cm³/mol. The Bertz CT molecular complexity index is 1010. The zero-order valence-electron chi connectivity index (χ0n) is 14.8. The van der Waals surface area contributed by atoms with Crippen LogP contribution in [0.25, 0.3) is 11.1 Å². The first-order chi connectivity index (χ1) is 13.0. The molecule has 0 saturated carbocycles. The van der Waals surface area contributed by atoms with E-state index in [0.29, 0.717) is 16.9 Å². The molecule has 0 spiro atoms. The molecule has 8 heteroatoms. The molecule has 0 saturated heterocycles. The summed E-state index contributed by atoms with van der Waals surface area (Å²) < 4.78 is 30.0. The van der Waals surface area contributed by atoms with Crippen LogP contribution in [0.4, 0.5) is 11.5 Å². The summed E-state index contributed by atoms with van der Waals surface area (Å²) in [6.45, 7) is 1.86. The SMILES string of the molecule is Cc1ccc(-c2c(CCO)ncnc2NS(=O)(=O)Nc2ccccc2)cc1. The predicted octanol–water partition coefficient (Wildman–Crippen LogP) is 2.76. The van der Waals surface area contributed by atoms with E-state index in [0.717, 1.165) is 11.1 Å². The maximum atomic E-state index is 12.5. The standard InChI is InChI=1S/C19H20N4O3S/c1-14-7-9-15(10-8-14)18-17(11-12-24)20-13-21-19(18)23-27(25,26)22-16-5-3-2-4-6-16/h2-10,13,22,24H,11-12H2,1H3,(H,20,21,23). The van der Waals surface area contributed by atoms with E-state index in [1.54, 1.807) is 30.3 Å². The Kier molecular flexibility index (Phi) is 5.68. The zero-order valence-corrected chi connectivity index (χ0v) is 15.6. The Balaban J connectivity index is 1.99. The molecule has 3 N–H and O–H groups in total. The Labute approximate surface area is 158 Å². The van der Waals surface area contributed by atoms with E-state index >= 15 is 0 Å². The first kappa shape index (κ1) is 18.8. The highest BCUT2D eigenvalue weighted by Crippen LogP contribution is 2.30. The number of para-hydroxylation sites is 1. The van der Waals surface area contributed by atoms with E-state index in [9.17, 15) is 13.5 Å². The molecular weight excluding hydrogens is 364 g/mol. The number of hydrogen-bond donors (Lipinski definition) is 3. The average molecular weight is 384 g/mol. The van der Waals surface area contributed by atoms with Gasteiger partial charge in [0.1, 0.15) is 6.33 Å². The lowest BCUT2D eigenvalue weighted by Crippen LogP contribution is -2.23. The third-order valence-corrected chi connectivity index (χ3v) is 4.84. The topological polar surface area (TPSA) is 104 Å². The van der Waals surface area contributed by atoms with Gasteiger partial charge in [-0.05, 0) is 24.6 Å². The highest BCUT2D eigenvalue weighted by atomic mass is 32.2. The van der Waals surface area contributed by atoms with Crippen LogP contribution in [0.5, 0.6) is 0 Å². The van der Waals surface area contributed by atoms with Crippen molar-refractivity contribution < 1.29 is 13.5 Å². The molecule has 0 amide bonds. The largest absolute Gasteiger partial charge is 0.396 e. The smallest absolute Gasteiger partial charge is 0.322 e. The van der Waals surface area contributed by atoms with Gasteiger partial charge in [-0.1, -0.05) is 48.0 Å². The van der Waals surface area contributed by atoms with Gasteiger partial charge in [-0.25, -0.2) is 14.7 Å². The number of aliphatic hydroxyl groups excluding tert-OH is 1. The number of nitrogens with one attached hydrogen (secondary N) is 2. The number of benzene rings is 2. The van der Waals surface area contributed by atoms with Crippen LogP contribution in [-0.2, 0) is 16.6 Å². The van der Waals surface area contributed by atoms with Gasteiger partial charge in [0, 0.05) is 18.6 Å². The van der Waals surface area contributed by atoms with Gasteiger partial charge < -0.3 is 5.11 Å². The lowest BCUT2D eigenvalue weighted by molar-refractivity contribution is 0.298. The van der Waals surface area contributed by atoms with Crippen LogP contribution >= 0.6 is 0 Å². The van der Waals surface area contributed by atoms with Crippen LogP contribution < -0.4 is 9.44 Å². The van der Waals surface area contributed by atoms with Crippen LogP contribution in [0.3, 0.4) is 0 Å². The molecule has 0 radical (unpaired) electrons. The zero-order chi connectivity index (χ0) is 19.3. The van der Waals surface area contributed by atoms with Crippen molar-refractivity contribution in [2.24, 2.45) is 0 Å². The van der Waals surface area contributed by atoms with Crippen molar-refractivity contribution >= 4 is 21.7 Å². The molecule has 2 aromatic carbocycles. The molecule has 0 aliphatic heterocycles. The second kappa shape index (κ2) is 8.15. The van der Waals surface area contributed by atoms with E-state index in [4.69, 9.17) is 0 Å². The minimum Gasteiger partial charge on any atom is -0.396 e. The van der Waals surface area contributed by atoms with E-state index in [-0.39, 0.29) is 18.8 Å². The summed E-state index contributed by atoms with van der Waals surface area (Å²) in [6.07, 6.45) is 1.57. The van der Waals surface area contributed by atoms with Gasteiger partial charge in [0.2, 0.25) is 0 Å². The molecule has 140 valence electrons. The molecular formula is C19H20N4O3S. The minimum atomic E-state index is -3.91. The summed E-state index contributed by atoms with van der Waals surface area (Å²) in [5, 5.41) is 9.34. The highest BCUT2D eigenvalue weighted by Gasteiger charge is 2.18. The van der Waals surface area contributed by atoms with Crippen molar-refractivity contribution in [1.82, 2.24) is 9.97 Å². The molecule has 7 nitrogen and oxygen atoms in total. The number of nitrogens with zero attached hydrogens (tertiary/aromatic N) is 2. The Morgan fingerprint density at radius 3 is 2.33 bits per heavy atom. The molecule has 0 fully saturated rings. The number of rotatable bonds is 7. The second-order valence-electron chi connectivity index (χ2n) is 5.96. The maximum absolute atomic E-state index is 12.5. The molecule has 27 heavy (non-hydrogen) atoms. The van der Waals surface area contributed by atoms with Crippen molar-refractivity contribution in [3.8, 4) is 11.1 Å². The fourth-order valence-electron chi connectivity index (χ4n) is 2.63. The molecule has 3 aromatic rings. The summed E-state index contributed by atoms with van der Waals surface area (Å²) in [6, 6.07) is 16.2.